The van der Waals surface area contributed by atoms with Crippen LogP contribution in [0.25, 0.3) is 0 Å². The van der Waals surface area contributed by atoms with E-state index in [-0.39, 0.29) is 12.5 Å². The maximum absolute atomic E-state index is 11.9. The van der Waals surface area contributed by atoms with Crippen molar-refractivity contribution in [3.05, 3.63) is 89.2 Å². The zero-order chi connectivity index (χ0) is 18.9. The number of rotatable bonds is 8. The molecule has 0 aliphatic heterocycles. The average Bonchev–Trinajstić information content (AvgIpc) is 2.71. The molecule has 3 aromatic rings. The lowest BCUT2D eigenvalue weighted by Gasteiger charge is -2.10. The molecule has 0 fully saturated rings. The lowest BCUT2D eigenvalue weighted by molar-refractivity contribution is -0.123. The Balaban J connectivity index is 1.41. The molecule has 0 saturated carbocycles. The van der Waals surface area contributed by atoms with E-state index in [2.05, 4.69) is 10.3 Å². The van der Waals surface area contributed by atoms with Crippen molar-refractivity contribution in [2.24, 2.45) is 0 Å². The first-order valence-electron chi connectivity index (χ1n) is 8.45. The SMILES string of the molecule is O=C(COc1ccccc1Cl)NCc1ccc(OCc2cccnc2)cc1. The summed E-state index contributed by atoms with van der Waals surface area (Å²) in [6, 6.07) is 18.4. The molecule has 0 spiro atoms. The Kier molecular flexibility index (Phi) is 6.66. The number of carbonyl (C=O) groups excluding carboxylic acids is 1. The molecule has 138 valence electrons. The molecule has 0 radical (unpaired) electrons. The maximum atomic E-state index is 11.9. The molecule has 1 heterocycles. The highest BCUT2D eigenvalue weighted by molar-refractivity contribution is 6.32. The van der Waals surface area contributed by atoms with Crippen LogP contribution in [0.2, 0.25) is 5.02 Å². The van der Waals surface area contributed by atoms with E-state index in [4.69, 9.17) is 21.1 Å². The minimum absolute atomic E-state index is 0.0873. The van der Waals surface area contributed by atoms with Gasteiger partial charge in [0.15, 0.2) is 6.61 Å². The summed E-state index contributed by atoms with van der Waals surface area (Å²) in [6.07, 6.45) is 3.50. The van der Waals surface area contributed by atoms with E-state index in [1.165, 1.54) is 0 Å². The number of amides is 1. The van der Waals surface area contributed by atoms with Gasteiger partial charge in [-0.05, 0) is 35.9 Å². The van der Waals surface area contributed by atoms with E-state index in [1.54, 1.807) is 36.7 Å². The van der Waals surface area contributed by atoms with Gasteiger partial charge in [-0.15, -0.1) is 0 Å². The lowest BCUT2D eigenvalue weighted by Crippen LogP contribution is -2.28. The van der Waals surface area contributed by atoms with Gasteiger partial charge in [0.1, 0.15) is 18.1 Å². The third-order valence-corrected chi connectivity index (χ3v) is 4.05. The lowest BCUT2D eigenvalue weighted by atomic mass is 10.2. The topological polar surface area (TPSA) is 60.5 Å². The fraction of sp³-hybridized carbons (Fsp3) is 0.143. The second kappa shape index (κ2) is 9.59. The highest BCUT2D eigenvalue weighted by Gasteiger charge is 2.05. The van der Waals surface area contributed by atoms with Crippen LogP contribution < -0.4 is 14.8 Å². The minimum Gasteiger partial charge on any atom is -0.489 e. The van der Waals surface area contributed by atoms with Crippen LogP contribution in [0.4, 0.5) is 0 Å². The number of benzene rings is 2. The highest BCUT2D eigenvalue weighted by Crippen LogP contribution is 2.22. The van der Waals surface area contributed by atoms with Crippen LogP contribution in [-0.4, -0.2) is 17.5 Å². The van der Waals surface area contributed by atoms with Crippen LogP contribution in [0.5, 0.6) is 11.5 Å². The van der Waals surface area contributed by atoms with E-state index < -0.39 is 0 Å². The first-order chi connectivity index (χ1) is 13.2. The number of nitrogens with one attached hydrogen (secondary N) is 1. The van der Waals surface area contributed by atoms with E-state index in [9.17, 15) is 4.79 Å². The highest BCUT2D eigenvalue weighted by atomic mass is 35.5. The largest absolute Gasteiger partial charge is 0.489 e. The number of hydrogen-bond acceptors (Lipinski definition) is 4. The van der Waals surface area contributed by atoms with Gasteiger partial charge in [-0.3, -0.25) is 9.78 Å². The first-order valence-corrected chi connectivity index (χ1v) is 8.83. The van der Waals surface area contributed by atoms with E-state index in [1.807, 2.05) is 36.4 Å². The fourth-order valence-corrected chi connectivity index (χ4v) is 2.50. The molecular weight excluding hydrogens is 364 g/mol. The van der Waals surface area contributed by atoms with Crippen molar-refractivity contribution in [2.45, 2.75) is 13.2 Å². The molecule has 0 bridgehead atoms. The summed E-state index contributed by atoms with van der Waals surface area (Å²) in [5.74, 6) is 1.03. The van der Waals surface area contributed by atoms with Crippen molar-refractivity contribution in [2.75, 3.05) is 6.61 Å². The third kappa shape index (κ3) is 6.01. The molecule has 0 unspecified atom stereocenters. The third-order valence-electron chi connectivity index (χ3n) is 3.74. The summed E-state index contributed by atoms with van der Waals surface area (Å²) in [4.78, 5) is 16.0. The summed E-state index contributed by atoms with van der Waals surface area (Å²) in [5, 5.41) is 3.29. The van der Waals surface area contributed by atoms with Gasteiger partial charge in [0.25, 0.3) is 5.91 Å². The molecule has 3 rings (SSSR count). The van der Waals surface area contributed by atoms with Gasteiger partial charge in [0, 0.05) is 24.5 Å². The van der Waals surface area contributed by atoms with Crippen LogP contribution in [-0.2, 0) is 17.9 Å². The van der Waals surface area contributed by atoms with E-state index in [0.717, 1.165) is 16.9 Å². The Morgan fingerprint density at radius 3 is 2.52 bits per heavy atom. The number of pyridine rings is 1. The number of para-hydroxylation sites is 1. The van der Waals surface area contributed by atoms with Crippen LogP contribution in [0.15, 0.2) is 73.1 Å². The van der Waals surface area contributed by atoms with Crippen molar-refractivity contribution >= 4 is 17.5 Å². The zero-order valence-electron chi connectivity index (χ0n) is 14.6. The van der Waals surface area contributed by atoms with E-state index in [0.29, 0.717) is 23.9 Å². The molecule has 0 aliphatic carbocycles. The van der Waals surface area contributed by atoms with Crippen molar-refractivity contribution in [1.82, 2.24) is 10.3 Å². The summed E-state index contributed by atoms with van der Waals surface area (Å²) < 4.78 is 11.1. The van der Waals surface area contributed by atoms with Gasteiger partial charge in [-0.25, -0.2) is 0 Å². The molecule has 1 N–H and O–H groups in total. The van der Waals surface area contributed by atoms with Gasteiger partial charge < -0.3 is 14.8 Å². The molecule has 2 aromatic carbocycles. The number of hydrogen-bond donors (Lipinski definition) is 1. The second-order valence-corrected chi connectivity index (χ2v) is 6.20. The number of halogens is 1. The van der Waals surface area contributed by atoms with Gasteiger partial charge in [-0.2, -0.15) is 0 Å². The van der Waals surface area contributed by atoms with Gasteiger partial charge in [-0.1, -0.05) is 41.9 Å². The second-order valence-electron chi connectivity index (χ2n) is 5.79. The summed E-state index contributed by atoms with van der Waals surface area (Å²) in [6.45, 7) is 0.785. The van der Waals surface area contributed by atoms with Crippen molar-refractivity contribution in [1.29, 1.82) is 0 Å². The standard InChI is InChI=1S/C21H19ClN2O3/c22-19-5-1-2-6-20(19)27-15-21(25)24-13-16-7-9-18(10-8-16)26-14-17-4-3-11-23-12-17/h1-12H,13-15H2,(H,24,25). The van der Waals surface area contributed by atoms with Gasteiger partial charge in [0.05, 0.1) is 5.02 Å². The fourth-order valence-electron chi connectivity index (χ4n) is 2.31. The Hall–Kier alpha value is -3.05. The zero-order valence-corrected chi connectivity index (χ0v) is 15.4. The van der Waals surface area contributed by atoms with Crippen LogP contribution >= 0.6 is 11.6 Å². The average molecular weight is 383 g/mol. The van der Waals surface area contributed by atoms with Crippen molar-refractivity contribution in [3.63, 3.8) is 0 Å². The molecule has 6 heteroatoms. The molecule has 0 atom stereocenters. The normalized spacial score (nSPS) is 10.3. The first kappa shape index (κ1) is 18.7. The quantitative estimate of drug-likeness (QED) is 0.639. The van der Waals surface area contributed by atoms with Crippen LogP contribution in [0, 0.1) is 0 Å². The summed E-state index contributed by atoms with van der Waals surface area (Å²) in [5.41, 5.74) is 1.97. The van der Waals surface area contributed by atoms with E-state index >= 15 is 0 Å². The predicted molar refractivity (Wildman–Crippen MR) is 104 cm³/mol. The molecule has 1 aromatic heterocycles. The summed E-state index contributed by atoms with van der Waals surface area (Å²) in [7, 11) is 0. The Bertz CT molecular complexity index is 870. The Morgan fingerprint density at radius 2 is 1.78 bits per heavy atom. The van der Waals surface area contributed by atoms with Crippen molar-refractivity contribution in [3.8, 4) is 11.5 Å². The molecule has 5 nitrogen and oxygen atoms in total. The molecule has 27 heavy (non-hydrogen) atoms. The number of aromatic nitrogens is 1. The van der Waals surface area contributed by atoms with Gasteiger partial charge >= 0.3 is 0 Å². The Labute approximate surface area is 162 Å². The van der Waals surface area contributed by atoms with Gasteiger partial charge in [0.2, 0.25) is 0 Å². The predicted octanol–water partition coefficient (Wildman–Crippen LogP) is 4.01. The van der Waals surface area contributed by atoms with Crippen LogP contribution in [0.3, 0.4) is 0 Å². The number of nitrogens with zero attached hydrogens (tertiary/aromatic N) is 1. The molecule has 0 saturated heterocycles. The number of ether oxygens (including phenoxy) is 2. The monoisotopic (exact) mass is 382 g/mol. The molecule has 0 aliphatic rings. The van der Waals surface area contributed by atoms with Crippen molar-refractivity contribution < 1.29 is 14.3 Å². The summed E-state index contributed by atoms with van der Waals surface area (Å²) >= 11 is 5.99. The smallest absolute Gasteiger partial charge is 0.258 e. The minimum atomic E-state index is -0.216. The maximum Gasteiger partial charge on any atom is 0.258 e. The molecule has 1 amide bonds. The van der Waals surface area contributed by atoms with Crippen LogP contribution in [0.1, 0.15) is 11.1 Å². The Morgan fingerprint density at radius 1 is 0.963 bits per heavy atom. The molecular formula is C21H19ClN2O3. The number of carbonyl (C=O) groups is 1.